The van der Waals surface area contributed by atoms with E-state index in [0.717, 1.165) is 63.8 Å². The van der Waals surface area contributed by atoms with E-state index in [0.29, 0.717) is 11.7 Å². The van der Waals surface area contributed by atoms with Crippen molar-refractivity contribution in [3.8, 4) is 17.2 Å². The van der Waals surface area contributed by atoms with E-state index < -0.39 is 0 Å². The summed E-state index contributed by atoms with van der Waals surface area (Å²) < 4.78 is 1.06. The molecule has 0 saturated heterocycles. The Balaban J connectivity index is 1.31. The number of fused-ring (bicyclic) bond motifs is 1. The highest BCUT2D eigenvalue weighted by Crippen LogP contribution is 2.32. The summed E-state index contributed by atoms with van der Waals surface area (Å²) in [6.45, 7) is 0. The molecule has 7 nitrogen and oxygen atoms in total. The lowest BCUT2D eigenvalue weighted by Gasteiger charge is -2.26. The monoisotopic (exact) mass is 442 g/mol. The van der Waals surface area contributed by atoms with Gasteiger partial charge in [0.05, 0.1) is 16.3 Å². The summed E-state index contributed by atoms with van der Waals surface area (Å²) >= 11 is 1.57. The summed E-state index contributed by atoms with van der Waals surface area (Å²) in [7, 11) is 0. The molecule has 0 bridgehead atoms. The van der Waals surface area contributed by atoms with Gasteiger partial charge in [-0.15, -0.1) is 0 Å². The van der Waals surface area contributed by atoms with Crippen LogP contribution in [0.5, 0.6) is 0 Å². The topological polar surface area (TPSA) is 107 Å². The van der Waals surface area contributed by atoms with Gasteiger partial charge in [0, 0.05) is 17.8 Å². The Labute approximate surface area is 189 Å². The number of pyridine rings is 2. The molecule has 3 aromatic heterocycles. The summed E-state index contributed by atoms with van der Waals surface area (Å²) in [4.78, 5) is 13.5. The number of anilines is 3. The van der Waals surface area contributed by atoms with Crippen LogP contribution < -0.4 is 10.6 Å². The lowest BCUT2D eigenvalue weighted by Crippen LogP contribution is -2.28. The van der Waals surface area contributed by atoms with Crippen molar-refractivity contribution in [3.63, 3.8) is 0 Å². The molecule has 160 valence electrons. The molecule has 1 aromatic carbocycles. The Hall–Kier alpha value is -3.54. The van der Waals surface area contributed by atoms with E-state index >= 15 is 0 Å². The van der Waals surface area contributed by atoms with Crippen molar-refractivity contribution in [1.82, 2.24) is 15.0 Å². The Morgan fingerprint density at radius 1 is 0.969 bits per heavy atom. The molecule has 1 aliphatic carbocycles. The van der Waals surface area contributed by atoms with Gasteiger partial charge in [0.25, 0.3) is 0 Å². The molecular formula is C24H22N6OS. The molecule has 0 atom stereocenters. The number of aliphatic hydroxyl groups excluding tert-OH is 1. The van der Waals surface area contributed by atoms with Gasteiger partial charge in [-0.25, -0.2) is 15.0 Å². The third-order valence-corrected chi connectivity index (χ3v) is 6.57. The zero-order valence-corrected chi connectivity index (χ0v) is 18.1. The molecule has 4 aromatic rings. The molecule has 1 fully saturated rings. The maximum atomic E-state index is 9.69. The third kappa shape index (κ3) is 4.54. The van der Waals surface area contributed by atoms with E-state index in [1.807, 2.05) is 42.5 Å². The first-order valence-electron chi connectivity index (χ1n) is 10.6. The van der Waals surface area contributed by atoms with Gasteiger partial charge >= 0.3 is 0 Å². The van der Waals surface area contributed by atoms with E-state index in [2.05, 4.69) is 31.7 Å². The zero-order chi connectivity index (χ0) is 21.9. The number of hydrogen-bond acceptors (Lipinski definition) is 8. The SMILES string of the molecule is N#Cc1ccc(-c2ccc3nc(Nc4cccc(N[C@H]5CC[C@H](O)CC5)n4)sc3c2)cn1. The number of nitriles is 1. The normalized spacial score (nSPS) is 18.2. The standard InChI is InChI=1S/C24H22N6OS/c25-13-18-6-4-16(14-26-18)15-5-11-20-21(12-15)32-24(28-20)30-23-3-1-2-22(29-23)27-17-7-9-19(31)10-8-17/h1-6,11-12,14,17,19,31H,7-10H2,(H2,27,28,29,30)/t17-,19-. The fourth-order valence-corrected chi connectivity index (χ4v) is 4.82. The van der Waals surface area contributed by atoms with Gasteiger partial charge in [-0.3, -0.25) is 0 Å². The first kappa shape index (κ1) is 20.4. The average Bonchev–Trinajstić information content (AvgIpc) is 3.22. The highest BCUT2D eigenvalue weighted by atomic mass is 32.1. The quantitative estimate of drug-likeness (QED) is 0.395. The fraction of sp³-hybridized carbons (Fsp3) is 0.250. The second-order valence-corrected chi connectivity index (χ2v) is 8.96. The van der Waals surface area contributed by atoms with Crippen LogP contribution in [0.15, 0.2) is 54.7 Å². The highest BCUT2D eigenvalue weighted by molar-refractivity contribution is 7.22. The molecule has 0 aliphatic heterocycles. The summed E-state index contributed by atoms with van der Waals surface area (Å²) in [5.74, 6) is 1.56. The lowest BCUT2D eigenvalue weighted by molar-refractivity contribution is 0.126. The largest absolute Gasteiger partial charge is 0.393 e. The van der Waals surface area contributed by atoms with E-state index in [9.17, 15) is 5.11 Å². The average molecular weight is 443 g/mol. The van der Waals surface area contributed by atoms with Crippen molar-refractivity contribution in [1.29, 1.82) is 5.26 Å². The molecule has 32 heavy (non-hydrogen) atoms. The molecule has 0 unspecified atom stereocenters. The summed E-state index contributed by atoms with van der Waals surface area (Å²) in [6.07, 6.45) is 5.13. The van der Waals surface area contributed by atoms with Crippen LogP contribution in [0.1, 0.15) is 31.4 Å². The number of hydrogen-bond donors (Lipinski definition) is 3. The number of nitrogens with one attached hydrogen (secondary N) is 2. The first-order chi connectivity index (χ1) is 15.7. The number of aromatic nitrogens is 3. The molecule has 1 saturated carbocycles. The van der Waals surface area contributed by atoms with E-state index in [1.54, 1.807) is 23.6 Å². The van der Waals surface area contributed by atoms with Crippen molar-refractivity contribution in [2.75, 3.05) is 10.6 Å². The molecule has 8 heteroatoms. The van der Waals surface area contributed by atoms with Crippen molar-refractivity contribution in [2.24, 2.45) is 0 Å². The lowest BCUT2D eigenvalue weighted by atomic mass is 9.93. The van der Waals surface area contributed by atoms with Crippen LogP contribution in [-0.2, 0) is 0 Å². The molecule has 3 N–H and O–H groups in total. The number of thiazole rings is 1. The Morgan fingerprint density at radius 3 is 2.56 bits per heavy atom. The molecule has 5 rings (SSSR count). The Bertz CT molecular complexity index is 1270. The Morgan fingerprint density at radius 2 is 1.78 bits per heavy atom. The molecule has 0 radical (unpaired) electrons. The van der Waals surface area contributed by atoms with Crippen molar-refractivity contribution in [2.45, 2.75) is 37.8 Å². The van der Waals surface area contributed by atoms with Gasteiger partial charge in [0.2, 0.25) is 0 Å². The minimum Gasteiger partial charge on any atom is -0.393 e. The predicted molar refractivity (Wildman–Crippen MR) is 127 cm³/mol. The molecule has 3 heterocycles. The van der Waals surface area contributed by atoms with E-state index in [-0.39, 0.29) is 6.10 Å². The first-order valence-corrected chi connectivity index (χ1v) is 11.4. The molecule has 0 spiro atoms. The summed E-state index contributed by atoms with van der Waals surface area (Å²) in [5, 5.41) is 26.2. The van der Waals surface area contributed by atoms with Crippen LogP contribution in [-0.4, -0.2) is 32.2 Å². The number of benzene rings is 1. The summed E-state index contributed by atoms with van der Waals surface area (Å²) in [5.41, 5.74) is 3.32. The van der Waals surface area contributed by atoms with Crippen molar-refractivity contribution >= 4 is 38.3 Å². The van der Waals surface area contributed by atoms with Crippen LogP contribution in [0.25, 0.3) is 21.3 Å². The summed E-state index contributed by atoms with van der Waals surface area (Å²) in [6, 6.07) is 18.0. The van der Waals surface area contributed by atoms with Gasteiger partial charge in [-0.05, 0) is 67.6 Å². The highest BCUT2D eigenvalue weighted by Gasteiger charge is 2.19. The molecular weight excluding hydrogens is 420 g/mol. The second-order valence-electron chi connectivity index (χ2n) is 7.93. The molecule has 0 amide bonds. The number of rotatable bonds is 5. The van der Waals surface area contributed by atoms with Crippen LogP contribution >= 0.6 is 11.3 Å². The Kier molecular flexibility index (Phi) is 5.67. The van der Waals surface area contributed by atoms with E-state index in [1.165, 1.54) is 0 Å². The maximum absolute atomic E-state index is 9.69. The van der Waals surface area contributed by atoms with Gasteiger partial charge in [0.1, 0.15) is 23.4 Å². The number of aliphatic hydroxyl groups is 1. The smallest absolute Gasteiger partial charge is 0.189 e. The van der Waals surface area contributed by atoms with Crippen LogP contribution in [0.2, 0.25) is 0 Å². The second kappa shape index (κ2) is 8.91. The maximum Gasteiger partial charge on any atom is 0.189 e. The van der Waals surface area contributed by atoms with Gasteiger partial charge in [0.15, 0.2) is 5.13 Å². The van der Waals surface area contributed by atoms with Crippen LogP contribution in [0, 0.1) is 11.3 Å². The van der Waals surface area contributed by atoms with Crippen molar-refractivity contribution in [3.05, 3.63) is 60.4 Å². The zero-order valence-electron chi connectivity index (χ0n) is 17.3. The van der Waals surface area contributed by atoms with Gasteiger partial charge in [-0.2, -0.15) is 5.26 Å². The minimum absolute atomic E-state index is 0.165. The predicted octanol–water partition coefficient (Wildman–Crippen LogP) is 5.08. The van der Waals surface area contributed by atoms with Crippen molar-refractivity contribution < 1.29 is 5.11 Å². The number of nitrogens with zero attached hydrogens (tertiary/aromatic N) is 4. The van der Waals surface area contributed by atoms with Crippen LogP contribution in [0.3, 0.4) is 0 Å². The minimum atomic E-state index is -0.165. The van der Waals surface area contributed by atoms with E-state index in [4.69, 9.17) is 5.26 Å². The van der Waals surface area contributed by atoms with Gasteiger partial charge < -0.3 is 15.7 Å². The van der Waals surface area contributed by atoms with Gasteiger partial charge in [-0.1, -0.05) is 23.5 Å². The molecule has 1 aliphatic rings. The fourth-order valence-electron chi connectivity index (χ4n) is 3.91. The van der Waals surface area contributed by atoms with Crippen LogP contribution in [0.4, 0.5) is 16.8 Å². The third-order valence-electron chi connectivity index (χ3n) is 5.63.